The van der Waals surface area contributed by atoms with E-state index in [1.807, 2.05) is 0 Å². The maximum atomic E-state index is 12.5. The van der Waals surface area contributed by atoms with Gasteiger partial charge in [-0.25, -0.2) is 8.78 Å². The summed E-state index contributed by atoms with van der Waals surface area (Å²) in [7, 11) is 0. The summed E-state index contributed by atoms with van der Waals surface area (Å²) in [6.07, 6.45) is -2.28. The number of aromatic nitrogens is 1. The first-order chi connectivity index (χ1) is 7.47. The van der Waals surface area contributed by atoms with Crippen LogP contribution in [0.3, 0.4) is 0 Å². The number of carboxylic acid groups (broad SMARTS) is 1. The van der Waals surface area contributed by atoms with E-state index in [-0.39, 0.29) is 14.7 Å². The number of alkyl halides is 2. The molecule has 1 heterocycles. The lowest BCUT2D eigenvalue weighted by molar-refractivity contribution is -0.136. The zero-order chi connectivity index (χ0) is 12.3. The Morgan fingerprint density at radius 3 is 2.75 bits per heavy atom. The summed E-state index contributed by atoms with van der Waals surface area (Å²) in [5.41, 5.74) is -0.395. The molecule has 0 bridgehead atoms. The summed E-state index contributed by atoms with van der Waals surface area (Å²) in [5, 5.41) is 17.3. The van der Waals surface area contributed by atoms with Crippen molar-refractivity contribution in [2.75, 3.05) is 0 Å². The van der Waals surface area contributed by atoms with Gasteiger partial charge in [-0.3, -0.25) is 9.78 Å². The van der Waals surface area contributed by atoms with Crippen LogP contribution in [0.15, 0.2) is 6.20 Å². The number of hydrogen-bond acceptors (Lipinski definition) is 3. The highest BCUT2D eigenvalue weighted by Gasteiger charge is 2.20. The predicted octanol–water partition coefficient (Wildman–Crippen LogP) is 2.12. The molecule has 84 valence electrons. The SMILES string of the molecule is N#Cc1cnc(C(F)F)c(I)c1CC(=O)O. The lowest BCUT2D eigenvalue weighted by Gasteiger charge is -2.08. The Morgan fingerprint density at radius 1 is 1.69 bits per heavy atom. The van der Waals surface area contributed by atoms with Gasteiger partial charge in [-0.05, 0) is 28.2 Å². The highest BCUT2D eigenvalue weighted by atomic mass is 127. The van der Waals surface area contributed by atoms with Crippen LogP contribution < -0.4 is 0 Å². The smallest absolute Gasteiger partial charge is 0.307 e. The number of halogens is 3. The third-order valence-electron chi connectivity index (χ3n) is 1.80. The van der Waals surface area contributed by atoms with E-state index in [1.165, 1.54) is 0 Å². The van der Waals surface area contributed by atoms with E-state index < -0.39 is 24.5 Å². The third kappa shape index (κ3) is 2.63. The molecule has 16 heavy (non-hydrogen) atoms. The van der Waals surface area contributed by atoms with E-state index in [0.29, 0.717) is 0 Å². The second-order valence-corrected chi connectivity index (χ2v) is 3.91. The molecule has 0 saturated carbocycles. The highest BCUT2D eigenvalue weighted by molar-refractivity contribution is 14.1. The number of nitriles is 1. The Balaban J connectivity index is 3.35. The topological polar surface area (TPSA) is 74.0 Å². The van der Waals surface area contributed by atoms with Crippen LogP contribution in [0, 0.1) is 14.9 Å². The van der Waals surface area contributed by atoms with Crippen molar-refractivity contribution < 1.29 is 18.7 Å². The summed E-state index contributed by atoms with van der Waals surface area (Å²) < 4.78 is 25.0. The van der Waals surface area contributed by atoms with Crippen molar-refractivity contribution in [3.05, 3.63) is 26.6 Å². The fraction of sp³-hybridized carbons (Fsp3) is 0.222. The monoisotopic (exact) mass is 338 g/mol. The van der Waals surface area contributed by atoms with Crippen LogP contribution in [0.1, 0.15) is 23.2 Å². The number of hydrogen-bond donors (Lipinski definition) is 1. The molecular formula is C9H5F2IN2O2. The minimum Gasteiger partial charge on any atom is -0.481 e. The largest absolute Gasteiger partial charge is 0.481 e. The first kappa shape index (κ1) is 12.8. The van der Waals surface area contributed by atoms with Gasteiger partial charge in [0.1, 0.15) is 11.8 Å². The van der Waals surface area contributed by atoms with Crippen molar-refractivity contribution in [2.24, 2.45) is 0 Å². The van der Waals surface area contributed by atoms with Crippen molar-refractivity contribution in [2.45, 2.75) is 12.8 Å². The Bertz CT molecular complexity index is 471. The van der Waals surface area contributed by atoms with Gasteiger partial charge in [-0.2, -0.15) is 5.26 Å². The van der Waals surface area contributed by atoms with Gasteiger partial charge < -0.3 is 5.11 Å². The number of nitrogens with zero attached hydrogens (tertiary/aromatic N) is 2. The first-order valence-electron chi connectivity index (χ1n) is 4.04. The molecule has 0 unspecified atom stereocenters. The maximum Gasteiger partial charge on any atom is 0.307 e. The van der Waals surface area contributed by atoms with Gasteiger partial charge in [0, 0.05) is 9.77 Å². The van der Waals surface area contributed by atoms with Crippen LogP contribution >= 0.6 is 22.6 Å². The van der Waals surface area contributed by atoms with Crippen LogP contribution in [0.25, 0.3) is 0 Å². The lowest BCUT2D eigenvalue weighted by Crippen LogP contribution is -2.08. The van der Waals surface area contributed by atoms with E-state index in [1.54, 1.807) is 28.7 Å². The van der Waals surface area contributed by atoms with Crippen molar-refractivity contribution in [1.29, 1.82) is 5.26 Å². The standard InChI is InChI=1S/C9H5F2IN2O2/c10-9(11)8-7(12)5(1-6(15)16)4(2-13)3-14-8/h3,9H,1H2,(H,15,16). The van der Waals surface area contributed by atoms with Gasteiger partial charge in [-0.15, -0.1) is 0 Å². The fourth-order valence-electron chi connectivity index (χ4n) is 1.11. The molecule has 4 nitrogen and oxygen atoms in total. The van der Waals surface area contributed by atoms with Crippen molar-refractivity contribution in [3.63, 3.8) is 0 Å². The third-order valence-corrected chi connectivity index (χ3v) is 3.01. The number of carboxylic acids is 1. The van der Waals surface area contributed by atoms with Crippen molar-refractivity contribution in [3.8, 4) is 6.07 Å². The highest BCUT2D eigenvalue weighted by Crippen LogP contribution is 2.27. The molecule has 1 aromatic rings. The van der Waals surface area contributed by atoms with E-state index in [0.717, 1.165) is 6.20 Å². The van der Waals surface area contributed by atoms with Crippen molar-refractivity contribution >= 4 is 28.6 Å². The maximum absolute atomic E-state index is 12.5. The predicted molar refractivity (Wildman–Crippen MR) is 58.0 cm³/mol. The van der Waals surface area contributed by atoms with Crippen LogP contribution in [0.5, 0.6) is 0 Å². The number of carbonyl (C=O) groups is 1. The molecule has 7 heteroatoms. The zero-order valence-electron chi connectivity index (χ0n) is 7.75. The van der Waals surface area contributed by atoms with Crippen LogP contribution in [0.4, 0.5) is 8.78 Å². The van der Waals surface area contributed by atoms with E-state index >= 15 is 0 Å². The van der Waals surface area contributed by atoms with Gasteiger partial charge in [0.2, 0.25) is 0 Å². The summed E-state index contributed by atoms with van der Waals surface area (Å²) in [4.78, 5) is 14.0. The second-order valence-electron chi connectivity index (χ2n) is 2.83. The molecule has 0 amide bonds. The lowest BCUT2D eigenvalue weighted by atomic mass is 10.1. The minimum atomic E-state index is -2.79. The van der Waals surface area contributed by atoms with Gasteiger partial charge in [0.25, 0.3) is 6.43 Å². The molecule has 0 saturated heterocycles. The molecule has 0 aliphatic carbocycles. The molecule has 0 aliphatic heterocycles. The van der Waals surface area contributed by atoms with E-state index in [9.17, 15) is 13.6 Å². The van der Waals surface area contributed by atoms with Crippen LogP contribution in [-0.2, 0) is 11.2 Å². The van der Waals surface area contributed by atoms with Gasteiger partial charge in [0.05, 0.1) is 12.0 Å². The fourth-order valence-corrected chi connectivity index (χ4v) is 1.97. The number of rotatable bonds is 3. The zero-order valence-corrected chi connectivity index (χ0v) is 9.90. The molecule has 0 radical (unpaired) electrons. The molecule has 0 aromatic carbocycles. The van der Waals surface area contributed by atoms with E-state index in [4.69, 9.17) is 10.4 Å². The van der Waals surface area contributed by atoms with Crippen molar-refractivity contribution in [1.82, 2.24) is 4.98 Å². The Labute approximate surface area is 103 Å². The number of pyridine rings is 1. The molecule has 0 spiro atoms. The quantitative estimate of drug-likeness (QED) is 0.857. The average molecular weight is 338 g/mol. The summed E-state index contributed by atoms with van der Waals surface area (Å²) in [5.74, 6) is -1.18. The normalized spacial score (nSPS) is 10.2. The molecule has 0 atom stereocenters. The molecule has 1 rings (SSSR count). The van der Waals surface area contributed by atoms with Crippen LogP contribution in [0.2, 0.25) is 0 Å². The molecule has 0 fully saturated rings. The Hall–Kier alpha value is -1.30. The summed E-state index contributed by atoms with van der Waals surface area (Å²) in [6.45, 7) is 0. The molecular weight excluding hydrogens is 333 g/mol. The second kappa shape index (κ2) is 5.16. The Morgan fingerprint density at radius 2 is 2.31 bits per heavy atom. The Kier molecular flexibility index (Phi) is 4.12. The molecule has 1 aromatic heterocycles. The van der Waals surface area contributed by atoms with Gasteiger partial charge >= 0.3 is 5.97 Å². The number of aliphatic carboxylic acids is 1. The first-order valence-corrected chi connectivity index (χ1v) is 5.12. The molecule has 1 N–H and O–H groups in total. The summed E-state index contributed by atoms with van der Waals surface area (Å²) in [6, 6.07) is 1.73. The van der Waals surface area contributed by atoms with Gasteiger partial charge in [0.15, 0.2) is 0 Å². The molecule has 0 aliphatic rings. The summed E-state index contributed by atoms with van der Waals surface area (Å²) >= 11 is 1.58. The van der Waals surface area contributed by atoms with Crippen LogP contribution in [-0.4, -0.2) is 16.1 Å². The van der Waals surface area contributed by atoms with Gasteiger partial charge in [-0.1, -0.05) is 0 Å². The minimum absolute atomic E-state index is 0.0104. The average Bonchev–Trinajstić information content (AvgIpc) is 2.19. The van der Waals surface area contributed by atoms with E-state index in [2.05, 4.69) is 4.98 Å².